The number of amides is 2. The molecule has 0 bridgehead atoms. The summed E-state index contributed by atoms with van der Waals surface area (Å²) in [6.07, 6.45) is 2.13. The Morgan fingerprint density at radius 3 is 2.78 bits per heavy atom. The van der Waals surface area contributed by atoms with E-state index >= 15 is 0 Å². The fourth-order valence-corrected chi connectivity index (χ4v) is 1.96. The third kappa shape index (κ3) is 7.45. The molecule has 3 N–H and O–H groups in total. The van der Waals surface area contributed by atoms with E-state index in [1.54, 1.807) is 13.2 Å². The number of hydrogen-bond donors (Lipinski definition) is 3. The molecule has 1 aliphatic rings. The van der Waals surface area contributed by atoms with Gasteiger partial charge in [-0.25, -0.2) is 0 Å². The third-order valence-electron chi connectivity index (χ3n) is 3.36. The van der Waals surface area contributed by atoms with E-state index in [0.717, 1.165) is 18.4 Å². The van der Waals surface area contributed by atoms with Crippen LogP contribution in [0.25, 0.3) is 0 Å². The summed E-state index contributed by atoms with van der Waals surface area (Å²) in [7, 11) is 1.62. The summed E-state index contributed by atoms with van der Waals surface area (Å²) in [6, 6.07) is 7.67. The van der Waals surface area contributed by atoms with Gasteiger partial charge in [-0.1, -0.05) is 12.1 Å². The minimum absolute atomic E-state index is 0. The summed E-state index contributed by atoms with van der Waals surface area (Å²) in [5.74, 6) is -0.124. The van der Waals surface area contributed by atoms with Crippen LogP contribution < -0.4 is 16.0 Å². The van der Waals surface area contributed by atoms with Crippen LogP contribution in [0.15, 0.2) is 24.3 Å². The molecule has 1 saturated carbocycles. The molecule has 2 amide bonds. The van der Waals surface area contributed by atoms with Gasteiger partial charge in [-0.05, 0) is 30.5 Å². The van der Waals surface area contributed by atoms with Crippen LogP contribution in [0, 0.1) is 0 Å². The first-order chi connectivity index (χ1) is 10.7. The summed E-state index contributed by atoms with van der Waals surface area (Å²) < 4.78 is 4.89. The van der Waals surface area contributed by atoms with Crippen LogP contribution in [0.2, 0.25) is 0 Å². The zero-order valence-corrected chi connectivity index (χ0v) is 14.1. The van der Waals surface area contributed by atoms with Crippen molar-refractivity contribution >= 4 is 24.2 Å². The lowest BCUT2D eigenvalue weighted by molar-refractivity contribution is -0.120. The van der Waals surface area contributed by atoms with Gasteiger partial charge in [0.15, 0.2) is 0 Å². The maximum Gasteiger partial charge on any atom is 0.251 e. The number of carbonyl (C=O) groups is 2. The molecule has 23 heavy (non-hydrogen) atoms. The van der Waals surface area contributed by atoms with Gasteiger partial charge in [0.25, 0.3) is 5.91 Å². The van der Waals surface area contributed by atoms with E-state index in [9.17, 15) is 9.59 Å². The Hall–Kier alpha value is -1.63. The van der Waals surface area contributed by atoms with E-state index in [4.69, 9.17) is 4.74 Å². The fourth-order valence-electron chi connectivity index (χ4n) is 1.96. The monoisotopic (exact) mass is 341 g/mol. The second kappa shape index (κ2) is 10.2. The SMILES string of the molecule is COCCNCC(=O)NCc1cccc(C(=O)NC2CC2)c1.Cl. The smallest absolute Gasteiger partial charge is 0.251 e. The molecule has 7 heteroatoms. The van der Waals surface area contributed by atoms with Crippen molar-refractivity contribution in [3.8, 4) is 0 Å². The quantitative estimate of drug-likeness (QED) is 0.582. The van der Waals surface area contributed by atoms with Crippen LogP contribution in [-0.4, -0.2) is 44.7 Å². The highest BCUT2D eigenvalue weighted by atomic mass is 35.5. The van der Waals surface area contributed by atoms with Crippen molar-refractivity contribution in [2.45, 2.75) is 25.4 Å². The Kier molecular flexibility index (Phi) is 8.61. The predicted octanol–water partition coefficient (Wildman–Crippen LogP) is 0.853. The van der Waals surface area contributed by atoms with Crippen molar-refractivity contribution in [2.75, 3.05) is 26.8 Å². The Labute approximate surface area is 142 Å². The summed E-state index contributed by atoms with van der Waals surface area (Å²) in [6.45, 7) is 1.88. The Morgan fingerprint density at radius 1 is 1.30 bits per heavy atom. The van der Waals surface area contributed by atoms with Gasteiger partial charge in [-0.3, -0.25) is 9.59 Å². The Balaban J connectivity index is 0.00000264. The molecular formula is C16H24ClN3O3. The standard InChI is InChI=1S/C16H23N3O3.ClH/c1-22-8-7-17-11-15(20)18-10-12-3-2-4-13(9-12)16(21)19-14-5-6-14;/h2-4,9,14,17H,5-8,10-11H2,1H3,(H,18,20)(H,19,21);1H. The van der Waals surface area contributed by atoms with Crippen molar-refractivity contribution in [1.29, 1.82) is 0 Å². The first-order valence-corrected chi connectivity index (χ1v) is 7.55. The molecule has 0 aromatic heterocycles. The zero-order valence-electron chi connectivity index (χ0n) is 13.3. The zero-order chi connectivity index (χ0) is 15.8. The number of rotatable bonds is 9. The van der Waals surface area contributed by atoms with Crippen molar-refractivity contribution in [3.05, 3.63) is 35.4 Å². The lowest BCUT2D eigenvalue weighted by Gasteiger charge is -2.08. The fraction of sp³-hybridized carbons (Fsp3) is 0.500. The molecule has 0 atom stereocenters. The third-order valence-corrected chi connectivity index (χ3v) is 3.36. The minimum Gasteiger partial charge on any atom is -0.383 e. The molecule has 0 spiro atoms. The molecular weight excluding hydrogens is 318 g/mol. The molecule has 1 aromatic rings. The molecule has 2 rings (SSSR count). The van der Waals surface area contributed by atoms with Crippen molar-refractivity contribution in [3.63, 3.8) is 0 Å². The molecule has 0 unspecified atom stereocenters. The lowest BCUT2D eigenvalue weighted by atomic mass is 10.1. The van der Waals surface area contributed by atoms with Crippen LogP contribution >= 0.6 is 12.4 Å². The molecule has 128 valence electrons. The summed E-state index contributed by atoms with van der Waals surface area (Å²) in [5.41, 5.74) is 1.55. The molecule has 0 radical (unpaired) electrons. The highest BCUT2D eigenvalue weighted by molar-refractivity contribution is 5.94. The second-order valence-corrected chi connectivity index (χ2v) is 5.39. The van der Waals surface area contributed by atoms with Crippen LogP contribution in [0.1, 0.15) is 28.8 Å². The molecule has 1 aromatic carbocycles. The number of hydrogen-bond acceptors (Lipinski definition) is 4. The first-order valence-electron chi connectivity index (χ1n) is 7.55. The molecule has 6 nitrogen and oxygen atoms in total. The van der Waals surface area contributed by atoms with Crippen LogP contribution in [-0.2, 0) is 16.1 Å². The number of methoxy groups -OCH3 is 1. The van der Waals surface area contributed by atoms with Gasteiger partial charge < -0.3 is 20.7 Å². The van der Waals surface area contributed by atoms with E-state index in [2.05, 4.69) is 16.0 Å². The molecule has 0 saturated heterocycles. The van der Waals surface area contributed by atoms with Gasteiger partial charge in [-0.15, -0.1) is 12.4 Å². The second-order valence-electron chi connectivity index (χ2n) is 5.39. The van der Waals surface area contributed by atoms with Gasteiger partial charge in [0, 0.05) is 31.8 Å². The number of nitrogens with one attached hydrogen (secondary N) is 3. The summed E-state index contributed by atoms with van der Waals surface area (Å²) >= 11 is 0. The van der Waals surface area contributed by atoms with Crippen molar-refractivity contribution in [2.24, 2.45) is 0 Å². The summed E-state index contributed by atoms with van der Waals surface area (Å²) in [4.78, 5) is 23.6. The largest absolute Gasteiger partial charge is 0.383 e. The first kappa shape index (κ1) is 19.4. The van der Waals surface area contributed by atoms with E-state index in [0.29, 0.717) is 31.3 Å². The van der Waals surface area contributed by atoms with E-state index in [1.165, 1.54) is 0 Å². The summed E-state index contributed by atoms with van der Waals surface area (Å²) in [5, 5.41) is 8.75. The molecule has 0 aliphatic heterocycles. The van der Waals surface area contributed by atoms with Crippen LogP contribution in [0.4, 0.5) is 0 Å². The normalized spacial score (nSPS) is 13.1. The van der Waals surface area contributed by atoms with Crippen molar-refractivity contribution in [1.82, 2.24) is 16.0 Å². The van der Waals surface area contributed by atoms with Gasteiger partial charge in [-0.2, -0.15) is 0 Å². The minimum atomic E-state index is -0.0797. The van der Waals surface area contributed by atoms with Gasteiger partial charge in [0.2, 0.25) is 5.91 Å². The van der Waals surface area contributed by atoms with Gasteiger partial charge in [0.05, 0.1) is 13.2 Å². The van der Waals surface area contributed by atoms with Crippen molar-refractivity contribution < 1.29 is 14.3 Å². The number of ether oxygens (including phenoxy) is 1. The Bertz CT molecular complexity index is 521. The topological polar surface area (TPSA) is 79.5 Å². The highest BCUT2D eigenvalue weighted by Crippen LogP contribution is 2.19. The molecule has 1 aliphatic carbocycles. The number of halogens is 1. The van der Waals surface area contributed by atoms with E-state index in [1.807, 2.05) is 18.2 Å². The van der Waals surface area contributed by atoms with E-state index in [-0.39, 0.29) is 30.8 Å². The molecule has 0 heterocycles. The average molecular weight is 342 g/mol. The van der Waals surface area contributed by atoms with Gasteiger partial charge >= 0.3 is 0 Å². The van der Waals surface area contributed by atoms with E-state index < -0.39 is 0 Å². The van der Waals surface area contributed by atoms with Gasteiger partial charge in [0.1, 0.15) is 0 Å². The maximum atomic E-state index is 12.0. The predicted molar refractivity (Wildman–Crippen MR) is 90.8 cm³/mol. The van der Waals surface area contributed by atoms with Crippen LogP contribution in [0.5, 0.6) is 0 Å². The maximum absolute atomic E-state index is 12.0. The number of benzene rings is 1. The average Bonchev–Trinajstić information content (AvgIpc) is 3.34. The Morgan fingerprint density at radius 2 is 2.09 bits per heavy atom. The van der Waals surface area contributed by atoms with Crippen LogP contribution in [0.3, 0.4) is 0 Å². The highest BCUT2D eigenvalue weighted by Gasteiger charge is 2.23. The molecule has 1 fully saturated rings. The lowest BCUT2D eigenvalue weighted by Crippen LogP contribution is -2.34. The number of carbonyl (C=O) groups excluding carboxylic acids is 2.